The number of amides is 1. The minimum Gasteiger partial charge on any atom is -0.395 e. The van der Waals surface area contributed by atoms with Gasteiger partial charge in [-0.25, -0.2) is 0 Å². The van der Waals surface area contributed by atoms with Crippen LogP contribution in [0.1, 0.15) is 37.8 Å². The van der Waals surface area contributed by atoms with E-state index < -0.39 is 0 Å². The van der Waals surface area contributed by atoms with Crippen molar-refractivity contribution in [3.63, 3.8) is 0 Å². The van der Waals surface area contributed by atoms with E-state index in [0.717, 1.165) is 23.2 Å². The summed E-state index contributed by atoms with van der Waals surface area (Å²) in [5, 5.41) is 11.7. The number of anilines is 1. The van der Waals surface area contributed by atoms with Crippen LogP contribution in [0.3, 0.4) is 0 Å². The number of carbonyl (C=O) groups excluding carboxylic acids is 1. The molecule has 1 aliphatic rings. The summed E-state index contributed by atoms with van der Waals surface area (Å²) in [6.45, 7) is 6.27. The largest absolute Gasteiger partial charge is 0.395 e. The number of carbonyl (C=O) groups is 1. The lowest BCUT2D eigenvalue weighted by Gasteiger charge is -2.09. The summed E-state index contributed by atoms with van der Waals surface area (Å²) in [5.41, 5.74) is 2.91. The number of hydrogen-bond donors (Lipinski definition) is 2. The second-order valence-corrected chi connectivity index (χ2v) is 6.04. The van der Waals surface area contributed by atoms with Gasteiger partial charge < -0.3 is 10.4 Å². The Labute approximate surface area is 120 Å². The molecule has 3 nitrogen and oxygen atoms in total. The fourth-order valence-corrected chi connectivity index (χ4v) is 2.24. The zero-order chi connectivity index (χ0) is 14.8. The van der Waals surface area contributed by atoms with Gasteiger partial charge >= 0.3 is 0 Å². The molecule has 0 aliphatic heterocycles. The van der Waals surface area contributed by atoms with Crippen LogP contribution in [-0.4, -0.2) is 17.6 Å². The maximum absolute atomic E-state index is 12.1. The lowest BCUT2D eigenvalue weighted by Crippen LogP contribution is -2.17. The molecule has 106 valence electrons. The van der Waals surface area contributed by atoms with Crippen molar-refractivity contribution < 1.29 is 9.90 Å². The van der Waals surface area contributed by atoms with Crippen LogP contribution in [0.2, 0.25) is 0 Å². The van der Waals surface area contributed by atoms with Crippen molar-refractivity contribution in [1.82, 2.24) is 0 Å². The third-order valence-electron chi connectivity index (χ3n) is 3.78. The van der Waals surface area contributed by atoms with Crippen LogP contribution in [0, 0.1) is 30.1 Å². The molecule has 1 unspecified atom stereocenters. The highest BCUT2D eigenvalue weighted by molar-refractivity contribution is 5.95. The molecule has 0 spiro atoms. The van der Waals surface area contributed by atoms with E-state index in [-0.39, 0.29) is 23.8 Å². The van der Waals surface area contributed by atoms with Crippen LogP contribution in [0.25, 0.3) is 0 Å². The van der Waals surface area contributed by atoms with Crippen molar-refractivity contribution in [2.24, 2.45) is 11.3 Å². The monoisotopic (exact) mass is 271 g/mol. The van der Waals surface area contributed by atoms with Gasteiger partial charge in [-0.2, -0.15) is 0 Å². The fraction of sp³-hybridized carbons (Fsp3) is 0.471. The third kappa shape index (κ3) is 3.40. The zero-order valence-corrected chi connectivity index (χ0v) is 12.3. The standard InChI is InChI=1S/C17H21NO2/c1-12-10-13(6-4-5-9-19)7-8-15(12)18-16(20)14-11-17(14,2)3/h7-8,10,14,19H,5,9,11H2,1-3H3,(H,18,20). The predicted octanol–water partition coefficient (Wildman–Crippen LogP) is 2.71. The second-order valence-electron chi connectivity index (χ2n) is 6.04. The molecule has 1 aliphatic carbocycles. The Morgan fingerprint density at radius 2 is 2.20 bits per heavy atom. The zero-order valence-electron chi connectivity index (χ0n) is 12.3. The van der Waals surface area contributed by atoms with Gasteiger partial charge in [-0.15, -0.1) is 0 Å². The van der Waals surface area contributed by atoms with Crippen molar-refractivity contribution in [3.05, 3.63) is 29.3 Å². The first-order valence-corrected chi connectivity index (χ1v) is 6.95. The topological polar surface area (TPSA) is 49.3 Å². The number of rotatable bonds is 3. The van der Waals surface area contributed by atoms with Gasteiger partial charge in [0.25, 0.3) is 0 Å². The van der Waals surface area contributed by atoms with Crippen LogP contribution in [0.15, 0.2) is 18.2 Å². The maximum Gasteiger partial charge on any atom is 0.228 e. The molecule has 1 aromatic rings. The van der Waals surface area contributed by atoms with Gasteiger partial charge in [0.2, 0.25) is 5.91 Å². The Morgan fingerprint density at radius 3 is 2.75 bits per heavy atom. The summed E-state index contributed by atoms with van der Waals surface area (Å²) < 4.78 is 0. The second kappa shape index (κ2) is 5.68. The SMILES string of the molecule is Cc1cc(C#CCCO)ccc1NC(=O)C1CC1(C)C. The first kappa shape index (κ1) is 14.6. The Bertz CT molecular complexity index is 578. The third-order valence-corrected chi connectivity index (χ3v) is 3.78. The Hall–Kier alpha value is -1.79. The molecule has 1 fully saturated rings. The van der Waals surface area contributed by atoms with Crippen molar-refractivity contribution in [2.45, 2.75) is 33.6 Å². The van der Waals surface area contributed by atoms with E-state index in [9.17, 15) is 4.79 Å². The lowest BCUT2D eigenvalue weighted by molar-refractivity contribution is -0.118. The van der Waals surface area contributed by atoms with Gasteiger partial charge in [0.05, 0.1) is 6.61 Å². The van der Waals surface area contributed by atoms with Crippen molar-refractivity contribution in [2.75, 3.05) is 11.9 Å². The normalized spacial score (nSPS) is 18.9. The molecule has 1 saturated carbocycles. The number of hydrogen-bond acceptors (Lipinski definition) is 2. The smallest absolute Gasteiger partial charge is 0.228 e. The Kier molecular flexibility index (Phi) is 4.15. The highest BCUT2D eigenvalue weighted by Crippen LogP contribution is 2.52. The van der Waals surface area contributed by atoms with Gasteiger partial charge in [0.1, 0.15) is 0 Å². The average molecular weight is 271 g/mol. The lowest BCUT2D eigenvalue weighted by atomic mass is 10.1. The predicted molar refractivity (Wildman–Crippen MR) is 80.3 cm³/mol. The van der Waals surface area contributed by atoms with Crippen LogP contribution >= 0.6 is 0 Å². The van der Waals surface area contributed by atoms with Gasteiger partial charge in [-0.05, 0) is 42.5 Å². The number of aliphatic hydroxyl groups excluding tert-OH is 1. The minimum absolute atomic E-state index is 0.0807. The molecule has 2 N–H and O–H groups in total. The van der Waals surface area contributed by atoms with Gasteiger partial charge in [-0.1, -0.05) is 25.7 Å². The van der Waals surface area contributed by atoms with E-state index in [2.05, 4.69) is 31.0 Å². The molecule has 0 radical (unpaired) electrons. The van der Waals surface area contributed by atoms with E-state index >= 15 is 0 Å². The van der Waals surface area contributed by atoms with Crippen molar-refractivity contribution in [1.29, 1.82) is 0 Å². The summed E-state index contributed by atoms with van der Waals surface area (Å²) in [4.78, 5) is 12.1. The molecular formula is C17H21NO2. The summed E-state index contributed by atoms with van der Waals surface area (Å²) in [7, 11) is 0. The highest BCUT2D eigenvalue weighted by atomic mass is 16.2. The Balaban J connectivity index is 2.03. The fourth-order valence-electron chi connectivity index (χ4n) is 2.24. The van der Waals surface area contributed by atoms with E-state index in [1.807, 2.05) is 25.1 Å². The van der Waals surface area contributed by atoms with E-state index in [4.69, 9.17) is 5.11 Å². The molecule has 1 amide bonds. The number of aliphatic hydroxyl groups is 1. The van der Waals surface area contributed by atoms with Gasteiger partial charge in [0, 0.05) is 23.6 Å². The van der Waals surface area contributed by atoms with Gasteiger partial charge in [0.15, 0.2) is 0 Å². The minimum atomic E-state index is 0.0807. The molecule has 0 aromatic heterocycles. The molecule has 0 heterocycles. The Morgan fingerprint density at radius 1 is 1.50 bits per heavy atom. The maximum atomic E-state index is 12.1. The molecule has 0 bridgehead atoms. The molecule has 1 atom stereocenters. The first-order valence-electron chi connectivity index (χ1n) is 6.95. The van der Waals surface area contributed by atoms with Crippen LogP contribution in [0.5, 0.6) is 0 Å². The first-order chi connectivity index (χ1) is 9.44. The van der Waals surface area contributed by atoms with Crippen LogP contribution in [0.4, 0.5) is 5.69 Å². The number of aryl methyl sites for hydroxylation is 1. The quantitative estimate of drug-likeness (QED) is 0.830. The summed E-state index contributed by atoms with van der Waals surface area (Å²) in [6.07, 6.45) is 1.44. The summed E-state index contributed by atoms with van der Waals surface area (Å²) in [5.74, 6) is 6.12. The highest BCUT2D eigenvalue weighted by Gasteiger charge is 2.50. The summed E-state index contributed by atoms with van der Waals surface area (Å²) in [6, 6.07) is 5.74. The molecule has 1 aromatic carbocycles. The van der Waals surface area contributed by atoms with E-state index in [1.54, 1.807) is 0 Å². The molecule has 2 rings (SSSR count). The average Bonchev–Trinajstić information content (AvgIpc) is 3.02. The van der Waals surface area contributed by atoms with E-state index in [1.165, 1.54) is 0 Å². The van der Waals surface area contributed by atoms with Crippen molar-refractivity contribution >= 4 is 11.6 Å². The van der Waals surface area contributed by atoms with Crippen LogP contribution < -0.4 is 5.32 Å². The van der Waals surface area contributed by atoms with Crippen LogP contribution in [-0.2, 0) is 4.79 Å². The molecule has 3 heteroatoms. The van der Waals surface area contributed by atoms with Crippen molar-refractivity contribution in [3.8, 4) is 11.8 Å². The summed E-state index contributed by atoms with van der Waals surface area (Å²) >= 11 is 0. The molecule has 0 saturated heterocycles. The molecule has 20 heavy (non-hydrogen) atoms. The molecular weight excluding hydrogens is 250 g/mol. The van der Waals surface area contributed by atoms with E-state index in [0.29, 0.717) is 6.42 Å². The number of nitrogens with one attached hydrogen (secondary N) is 1. The van der Waals surface area contributed by atoms with Gasteiger partial charge in [-0.3, -0.25) is 4.79 Å². The number of benzene rings is 1.